The van der Waals surface area contributed by atoms with Gasteiger partial charge in [-0.25, -0.2) is 4.98 Å². The molecule has 0 spiro atoms. The maximum absolute atomic E-state index is 4.53. The van der Waals surface area contributed by atoms with Crippen molar-refractivity contribution in [3.05, 3.63) is 42.4 Å². The van der Waals surface area contributed by atoms with E-state index in [0.717, 1.165) is 12.2 Å². The summed E-state index contributed by atoms with van der Waals surface area (Å²) in [4.78, 5) is 8.81. The van der Waals surface area contributed by atoms with E-state index < -0.39 is 0 Å². The highest BCUT2D eigenvalue weighted by Crippen LogP contribution is 2.41. The van der Waals surface area contributed by atoms with E-state index in [1.807, 2.05) is 47.3 Å². The summed E-state index contributed by atoms with van der Waals surface area (Å²) in [6.45, 7) is 0.930. The smallest absolute Gasteiger partial charge is 0.264 e. The number of fused-ring (bicyclic) bond motifs is 7. The molecular formula is C14H8N3S2+. The number of thiophene rings is 1. The molecule has 4 aromatic heterocycles. The normalized spacial score (nSPS) is 13.1. The van der Waals surface area contributed by atoms with Crippen molar-refractivity contribution in [2.45, 2.75) is 6.54 Å². The Kier molecular flexibility index (Phi) is 1.78. The van der Waals surface area contributed by atoms with Crippen LogP contribution in [0.3, 0.4) is 0 Å². The minimum absolute atomic E-state index is 0.930. The van der Waals surface area contributed by atoms with Crippen molar-refractivity contribution in [1.82, 2.24) is 9.97 Å². The van der Waals surface area contributed by atoms with Crippen molar-refractivity contribution < 1.29 is 4.57 Å². The second kappa shape index (κ2) is 3.37. The zero-order chi connectivity index (χ0) is 12.4. The van der Waals surface area contributed by atoms with Crippen molar-refractivity contribution in [2.24, 2.45) is 0 Å². The highest BCUT2D eigenvalue weighted by molar-refractivity contribution is 7.42. The first-order valence-corrected chi connectivity index (χ1v) is 7.68. The Morgan fingerprint density at radius 1 is 1.16 bits per heavy atom. The lowest BCUT2D eigenvalue weighted by Gasteiger charge is -1.88. The molecule has 0 bridgehead atoms. The largest absolute Gasteiger partial charge is 0.290 e. The van der Waals surface area contributed by atoms with Crippen LogP contribution in [0.1, 0.15) is 5.56 Å². The van der Waals surface area contributed by atoms with E-state index >= 15 is 0 Å². The van der Waals surface area contributed by atoms with Crippen molar-refractivity contribution in [2.75, 3.05) is 0 Å². The topological polar surface area (TPSA) is 29.7 Å². The molecule has 5 heterocycles. The second-order valence-electron chi connectivity index (χ2n) is 4.61. The Hall–Kier alpha value is -1.85. The van der Waals surface area contributed by atoms with Crippen LogP contribution < -0.4 is 4.57 Å². The van der Waals surface area contributed by atoms with Gasteiger partial charge in [-0.15, -0.1) is 11.3 Å². The first-order chi connectivity index (χ1) is 9.42. The summed E-state index contributed by atoms with van der Waals surface area (Å²) in [5.74, 6) is 0. The second-order valence-corrected chi connectivity index (χ2v) is 6.92. The maximum Gasteiger partial charge on any atom is 0.290 e. The number of rotatable bonds is 0. The molecule has 5 heteroatoms. The van der Waals surface area contributed by atoms with Gasteiger partial charge in [0.15, 0.2) is 16.3 Å². The van der Waals surface area contributed by atoms with E-state index in [-0.39, 0.29) is 0 Å². The monoisotopic (exact) mass is 282 g/mol. The molecule has 0 saturated carbocycles. The third-order valence-electron chi connectivity index (χ3n) is 3.56. The molecule has 19 heavy (non-hydrogen) atoms. The van der Waals surface area contributed by atoms with Gasteiger partial charge >= 0.3 is 0 Å². The minimum atomic E-state index is 0.930. The molecule has 1 aliphatic heterocycles. The van der Waals surface area contributed by atoms with E-state index in [9.17, 15) is 0 Å². The number of aromatic nitrogens is 3. The molecule has 0 aliphatic carbocycles. The van der Waals surface area contributed by atoms with Crippen LogP contribution in [-0.2, 0) is 6.54 Å². The van der Waals surface area contributed by atoms with Gasteiger partial charge in [0.05, 0.1) is 10.9 Å². The maximum atomic E-state index is 4.53. The summed E-state index contributed by atoms with van der Waals surface area (Å²) < 4.78 is 5.07. The summed E-state index contributed by atoms with van der Waals surface area (Å²) in [7, 11) is 0. The van der Waals surface area contributed by atoms with Crippen LogP contribution in [0.5, 0.6) is 0 Å². The van der Waals surface area contributed by atoms with E-state index in [2.05, 4.69) is 26.7 Å². The molecule has 0 unspecified atom stereocenters. The average Bonchev–Trinajstić information content (AvgIpc) is 3.05. The van der Waals surface area contributed by atoms with Gasteiger partial charge in [0.2, 0.25) is 5.52 Å². The van der Waals surface area contributed by atoms with Gasteiger partial charge in [0.25, 0.3) is 5.01 Å². The minimum Gasteiger partial charge on any atom is -0.264 e. The third kappa shape index (κ3) is 1.19. The van der Waals surface area contributed by atoms with Crippen LogP contribution in [0, 0.1) is 0 Å². The Balaban J connectivity index is 1.94. The summed E-state index contributed by atoms with van der Waals surface area (Å²) in [6.07, 6.45) is 5.72. The van der Waals surface area contributed by atoms with E-state index in [1.54, 1.807) is 0 Å². The zero-order valence-electron chi connectivity index (χ0n) is 9.83. The summed E-state index contributed by atoms with van der Waals surface area (Å²) in [5.41, 5.74) is 3.79. The number of hydrogen-bond acceptors (Lipinski definition) is 4. The van der Waals surface area contributed by atoms with E-state index in [0.29, 0.717) is 0 Å². The number of nitrogens with zero attached hydrogens (tertiary/aromatic N) is 3. The highest BCUT2D eigenvalue weighted by atomic mass is 32.2. The van der Waals surface area contributed by atoms with Gasteiger partial charge in [0, 0.05) is 23.3 Å². The first-order valence-electron chi connectivity index (χ1n) is 6.05. The predicted molar refractivity (Wildman–Crippen MR) is 77.5 cm³/mol. The molecule has 3 nitrogen and oxygen atoms in total. The predicted octanol–water partition coefficient (Wildman–Crippen LogP) is 3.22. The van der Waals surface area contributed by atoms with Crippen LogP contribution >= 0.6 is 22.7 Å². The molecule has 0 radical (unpaired) electrons. The first kappa shape index (κ1) is 10.00. The van der Waals surface area contributed by atoms with Crippen molar-refractivity contribution >= 4 is 42.3 Å². The van der Waals surface area contributed by atoms with Crippen LogP contribution in [0.4, 0.5) is 0 Å². The van der Waals surface area contributed by atoms with Crippen LogP contribution in [0.25, 0.3) is 30.3 Å². The lowest BCUT2D eigenvalue weighted by atomic mass is 10.2. The van der Waals surface area contributed by atoms with Crippen LogP contribution in [-0.4, -0.2) is 9.97 Å². The van der Waals surface area contributed by atoms with Crippen molar-refractivity contribution in [3.8, 4) is 10.7 Å². The standard InChI is InChI=1S/C14H8N3S2/c1-2-8-7-17-12-9-6-15-5-3-10(9)18-14(12)19-13(17)11(8)16-4-1/h1-6H,7H2/q+1. The Labute approximate surface area is 116 Å². The van der Waals surface area contributed by atoms with Crippen LogP contribution in [0.2, 0.25) is 0 Å². The summed E-state index contributed by atoms with van der Waals surface area (Å²) >= 11 is 3.70. The van der Waals surface area contributed by atoms with Gasteiger partial charge in [-0.05, 0) is 29.5 Å². The van der Waals surface area contributed by atoms with Gasteiger partial charge in [-0.1, -0.05) is 0 Å². The summed E-state index contributed by atoms with van der Waals surface area (Å²) in [6, 6.07) is 6.28. The molecule has 1 aliphatic rings. The van der Waals surface area contributed by atoms with E-state index in [4.69, 9.17) is 0 Å². The molecule has 0 aromatic carbocycles. The Morgan fingerprint density at radius 2 is 2.16 bits per heavy atom. The third-order valence-corrected chi connectivity index (χ3v) is 6.00. The van der Waals surface area contributed by atoms with Gasteiger partial charge < -0.3 is 0 Å². The van der Waals surface area contributed by atoms with Gasteiger partial charge in [-0.2, -0.15) is 4.57 Å². The van der Waals surface area contributed by atoms with Crippen molar-refractivity contribution in [1.29, 1.82) is 0 Å². The Bertz CT molecular complexity index is 952. The van der Waals surface area contributed by atoms with Crippen LogP contribution in [0.15, 0.2) is 36.8 Å². The molecule has 0 saturated heterocycles. The zero-order valence-corrected chi connectivity index (χ0v) is 11.5. The fraction of sp³-hybridized carbons (Fsp3) is 0.0714. The Morgan fingerprint density at radius 3 is 3.16 bits per heavy atom. The van der Waals surface area contributed by atoms with Crippen molar-refractivity contribution in [3.63, 3.8) is 0 Å². The summed E-state index contributed by atoms with van der Waals surface area (Å²) in [5, 5.41) is 2.54. The van der Waals surface area contributed by atoms with Gasteiger partial charge in [-0.3, -0.25) is 4.98 Å². The average molecular weight is 282 g/mol. The molecule has 0 atom stereocenters. The molecule has 4 aromatic rings. The van der Waals surface area contributed by atoms with E-state index in [1.165, 1.54) is 30.2 Å². The molecule has 0 fully saturated rings. The fourth-order valence-corrected chi connectivity index (χ4v) is 5.35. The molecule has 0 amide bonds. The number of hydrogen-bond donors (Lipinski definition) is 0. The molecule has 90 valence electrons. The van der Waals surface area contributed by atoms with Gasteiger partial charge in [0.1, 0.15) is 0 Å². The number of pyridine rings is 2. The lowest BCUT2D eigenvalue weighted by Crippen LogP contribution is -2.30. The fourth-order valence-electron chi connectivity index (χ4n) is 2.73. The molecular weight excluding hydrogens is 274 g/mol. The highest BCUT2D eigenvalue weighted by Gasteiger charge is 2.34. The number of thiazole rings is 1. The molecule has 5 rings (SSSR count). The quantitative estimate of drug-likeness (QED) is 0.408. The SMILES string of the molecule is c1cnc2c(c1)C[n+]1c-2sc2sc3ccncc3c21. The molecule has 0 N–H and O–H groups in total. The lowest BCUT2D eigenvalue weighted by molar-refractivity contribution is -0.641.